The van der Waals surface area contributed by atoms with E-state index in [-0.39, 0.29) is 11.3 Å². The lowest BCUT2D eigenvalue weighted by Gasteiger charge is -2.09. The highest BCUT2D eigenvalue weighted by atomic mass is 35.5. The number of nitrogens with one attached hydrogen (secondary N) is 3. The first-order chi connectivity index (χ1) is 15.1. The van der Waals surface area contributed by atoms with Gasteiger partial charge >= 0.3 is 0 Å². The molecule has 0 unspecified atom stereocenters. The molecule has 2 aromatic carbocycles. The van der Waals surface area contributed by atoms with E-state index in [9.17, 15) is 4.79 Å². The number of hydrogen-bond donors (Lipinski definition) is 3. The molecule has 160 valence electrons. The van der Waals surface area contributed by atoms with Gasteiger partial charge in [0.25, 0.3) is 11.3 Å². The summed E-state index contributed by atoms with van der Waals surface area (Å²) in [7, 11) is 3.18. The van der Waals surface area contributed by atoms with E-state index >= 15 is 0 Å². The van der Waals surface area contributed by atoms with Gasteiger partial charge in [-0.25, -0.2) is 4.98 Å². The van der Waals surface area contributed by atoms with Gasteiger partial charge in [0, 0.05) is 23.3 Å². The summed E-state index contributed by atoms with van der Waals surface area (Å²) in [6.45, 7) is 0.856. The Balaban J connectivity index is 1.47. The van der Waals surface area contributed by atoms with Gasteiger partial charge in [-0.05, 0) is 42.0 Å². The Hall–Kier alpha value is -3.72. The summed E-state index contributed by atoms with van der Waals surface area (Å²) >= 11 is 5.90. The van der Waals surface area contributed by atoms with Crippen LogP contribution in [0.25, 0.3) is 5.78 Å². The number of aromatic amines is 1. The van der Waals surface area contributed by atoms with Gasteiger partial charge < -0.3 is 20.1 Å². The van der Waals surface area contributed by atoms with Gasteiger partial charge in [-0.2, -0.15) is 9.50 Å². The van der Waals surface area contributed by atoms with Crippen LogP contribution in [0.2, 0.25) is 5.02 Å². The van der Waals surface area contributed by atoms with Gasteiger partial charge in [0.05, 0.1) is 26.5 Å². The normalized spacial score (nSPS) is 10.8. The molecule has 2 heterocycles. The molecule has 0 atom stereocenters. The predicted octanol–water partition coefficient (Wildman–Crippen LogP) is 3.31. The predicted molar refractivity (Wildman–Crippen MR) is 119 cm³/mol. The first-order valence-electron chi connectivity index (χ1n) is 9.48. The summed E-state index contributed by atoms with van der Waals surface area (Å²) in [6, 6.07) is 14.4. The minimum atomic E-state index is -0.246. The van der Waals surface area contributed by atoms with Crippen LogP contribution >= 0.6 is 11.6 Å². The van der Waals surface area contributed by atoms with Crippen molar-refractivity contribution in [1.29, 1.82) is 0 Å². The summed E-state index contributed by atoms with van der Waals surface area (Å²) in [6.07, 6.45) is 0. The molecular formula is C21H21ClN6O3. The van der Waals surface area contributed by atoms with Crippen molar-refractivity contribution in [2.75, 3.05) is 24.9 Å². The van der Waals surface area contributed by atoms with Crippen LogP contribution in [0.4, 0.5) is 11.6 Å². The highest BCUT2D eigenvalue weighted by molar-refractivity contribution is 6.30. The van der Waals surface area contributed by atoms with E-state index in [4.69, 9.17) is 21.1 Å². The zero-order valence-electron chi connectivity index (χ0n) is 17.0. The number of anilines is 2. The fraction of sp³-hybridized carbons (Fsp3) is 0.190. The highest BCUT2D eigenvalue weighted by Gasteiger charge is 2.09. The smallest absolute Gasteiger partial charge is 0.274 e. The molecule has 0 aliphatic carbocycles. The number of ether oxygens (including phenoxy) is 2. The largest absolute Gasteiger partial charge is 0.493 e. The number of H-pyrrole nitrogens is 1. The van der Waals surface area contributed by atoms with Crippen molar-refractivity contribution in [3.05, 3.63) is 75.2 Å². The Morgan fingerprint density at radius 3 is 2.48 bits per heavy atom. The molecular weight excluding hydrogens is 420 g/mol. The van der Waals surface area contributed by atoms with E-state index in [1.54, 1.807) is 26.4 Å². The monoisotopic (exact) mass is 440 g/mol. The van der Waals surface area contributed by atoms with Crippen LogP contribution < -0.4 is 25.7 Å². The third-order valence-corrected chi connectivity index (χ3v) is 4.86. The van der Waals surface area contributed by atoms with Crippen molar-refractivity contribution >= 4 is 29.0 Å². The topological polar surface area (TPSA) is 106 Å². The number of methoxy groups -OCH3 is 2. The fourth-order valence-corrected chi connectivity index (χ4v) is 3.16. The zero-order valence-corrected chi connectivity index (χ0v) is 17.7. The SMILES string of the molecule is COc1ccc(CNc2nc3nc(CNc4ccc(Cl)cc4)cc(=O)n3[nH]2)cc1OC. The van der Waals surface area contributed by atoms with E-state index in [1.165, 1.54) is 10.6 Å². The maximum absolute atomic E-state index is 12.4. The second-order valence-electron chi connectivity index (χ2n) is 6.70. The molecule has 10 heteroatoms. The molecule has 2 aromatic heterocycles. The summed E-state index contributed by atoms with van der Waals surface area (Å²) in [5.74, 6) is 2.02. The second kappa shape index (κ2) is 8.97. The summed E-state index contributed by atoms with van der Waals surface area (Å²) < 4.78 is 11.9. The van der Waals surface area contributed by atoms with Crippen LogP contribution in [-0.4, -0.2) is 33.8 Å². The molecule has 0 amide bonds. The molecule has 31 heavy (non-hydrogen) atoms. The van der Waals surface area contributed by atoms with Crippen LogP contribution in [0.1, 0.15) is 11.3 Å². The minimum absolute atomic E-state index is 0.246. The van der Waals surface area contributed by atoms with Crippen LogP contribution in [0.3, 0.4) is 0 Å². The lowest BCUT2D eigenvalue weighted by Crippen LogP contribution is -2.17. The van der Waals surface area contributed by atoms with Crippen LogP contribution in [0, 0.1) is 0 Å². The van der Waals surface area contributed by atoms with Crippen LogP contribution in [0.15, 0.2) is 53.3 Å². The van der Waals surface area contributed by atoms with Crippen molar-refractivity contribution in [2.45, 2.75) is 13.1 Å². The standard InChI is InChI=1S/C21H21ClN6O3/c1-30-17-8-3-13(9-18(17)31-2)11-24-20-26-21-25-16(10-19(29)28(21)27-20)12-23-15-6-4-14(22)5-7-15/h3-10,23H,11-12H2,1-2H3,(H2,24,25,26,27). The Labute approximate surface area is 183 Å². The van der Waals surface area contributed by atoms with Gasteiger partial charge in [-0.3, -0.25) is 9.89 Å². The molecule has 3 N–H and O–H groups in total. The molecule has 0 aliphatic heterocycles. The second-order valence-corrected chi connectivity index (χ2v) is 7.13. The lowest BCUT2D eigenvalue weighted by molar-refractivity contribution is 0.354. The number of rotatable bonds is 8. The van der Waals surface area contributed by atoms with Crippen LogP contribution in [0.5, 0.6) is 11.5 Å². The number of fused-ring (bicyclic) bond motifs is 1. The summed E-state index contributed by atoms with van der Waals surface area (Å²) in [5, 5.41) is 9.95. The van der Waals surface area contributed by atoms with Gasteiger partial charge in [0.2, 0.25) is 5.95 Å². The molecule has 4 aromatic rings. The Bertz CT molecular complexity index is 1250. The first-order valence-corrected chi connectivity index (χ1v) is 9.86. The third kappa shape index (κ3) is 4.72. The van der Waals surface area contributed by atoms with Crippen molar-refractivity contribution < 1.29 is 9.47 Å². The number of nitrogens with zero attached hydrogens (tertiary/aromatic N) is 3. The van der Waals surface area contributed by atoms with E-state index in [2.05, 4.69) is 25.7 Å². The third-order valence-electron chi connectivity index (χ3n) is 4.61. The van der Waals surface area contributed by atoms with Crippen molar-refractivity contribution in [2.24, 2.45) is 0 Å². The molecule has 0 saturated carbocycles. The summed E-state index contributed by atoms with van der Waals surface area (Å²) in [5.41, 5.74) is 2.18. The molecule has 0 spiro atoms. The van der Waals surface area contributed by atoms with Gasteiger partial charge in [-0.1, -0.05) is 17.7 Å². The number of aromatic nitrogens is 4. The molecule has 0 radical (unpaired) electrons. The molecule has 4 rings (SSSR count). The van der Waals surface area contributed by atoms with Crippen molar-refractivity contribution in [3.8, 4) is 11.5 Å². The van der Waals surface area contributed by atoms with E-state index in [0.29, 0.717) is 41.3 Å². The highest BCUT2D eigenvalue weighted by Crippen LogP contribution is 2.27. The first kappa shape index (κ1) is 20.5. The maximum Gasteiger partial charge on any atom is 0.274 e. The Kier molecular flexibility index (Phi) is 5.94. The van der Waals surface area contributed by atoms with Crippen molar-refractivity contribution in [1.82, 2.24) is 19.6 Å². The average molecular weight is 441 g/mol. The molecule has 0 fully saturated rings. The zero-order chi connectivity index (χ0) is 21.8. The average Bonchev–Trinajstić information content (AvgIpc) is 3.20. The quantitative estimate of drug-likeness (QED) is 0.386. The number of halogens is 1. The fourth-order valence-electron chi connectivity index (χ4n) is 3.03. The lowest BCUT2D eigenvalue weighted by atomic mass is 10.2. The molecule has 0 saturated heterocycles. The summed E-state index contributed by atoms with van der Waals surface area (Å²) in [4.78, 5) is 21.3. The Morgan fingerprint density at radius 1 is 0.968 bits per heavy atom. The van der Waals surface area contributed by atoms with E-state index < -0.39 is 0 Å². The molecule has 0 bridgehead atoms. The van der Waals surface area contributed by atoms with Crippen molar-refractivity contribution in [3.63, 3.8) is 0 Å². The van der Waals surface area contributed by atoms with Gasteiger partial charge in [0.1, 0.15) is 0 Å². The van der Waals surface area contributed by atoms with E-state index in [0.717, 1.165) is 11.3 Å². The van der Waals surface area contributed by atoms with Crippen LogP contribution in [-0.2, 0) is 13.1 Å². The maximum atomic E-state index is 12.4. The van der Waals surface area contributed by atoms with Gasteiger partial charge in [-0.15, -0.1) is 0 Å². The molecule has 0 aliphatic rings. The molecule has 9 nitrogen and oxygen atoms in total. The number of benzene rings is 2. The minimum Gasteiger partial charge on any atom is -0.493 e. The van der Waals surface area contributed by atoms with E-state index in [1.807, 2.05) is 30.3 Å². The Morgan fingerprint density at radius 2 is 1.74 bits per heavy atom. The van der Waals surface area contributed by atoms with Gasteiger partial charge in [0.15, 0.2) is 11.5 Å². The number of hydrogen-bond acceptors (Lipinski definition) is 7.